The molecule has 0 aliphatic carbocycles. The second-order valence-electron chi connectivity index (χ2n) is 3.57. The number of rotatable bonds is 5. The van der Waals surface area contributed by atoms with Crippen LogP contribution in [0, 0.1) is 0 Å². The molecule has 1 rings (SSSR count). The van der Waals surface area contributed by atoms with E-state index in [9.17, 15) is 4.79 Å². The zero-order valence-electron chi connectivity index (χ0n) is 10.2. The lowest BCUT2D eigenvalue weighted by Crippen LogP contribution is -2.22. The van der Waals surface area contributed by atoms with Gasteiger partial charge in [-0.25, -0.2) is 0 Å². The van der Waals surface area contributed by atoms with Crippen LogP contribution in [0.15, 0.2) is 17.0 Å². The maximum atomic E-state index is 10.8. The van der Waals surface area contributed by atoms with Crippen molar-refractivity contribution in [3.8, 4) is 11.5 Å². The number of thiol groups is 1. The minimum atomic E-state index is -0.0400. The molecule has 4 nitrogen and oxygen atoms in total. The minimum absolute atomic E-state index is 0.0400. The second-order valence-corrected chi connectivity index (χ2v) is 4.05. The first-order valence-corrected chi connectivity index (χ1v) is 5.71. The number of hydrogen-bond acceptors (Lipinski definition) is 4. The quantitative estimate of drug-likeness (QED) is 0.787. The molecule has 0 aromatic heterocycles. The van der Waals surface area contributed by atoms with Gasteiger partial charge in [0.2, 0.25) is 5.91 Å². The van der Waals surface area contributed by atoms with Crippen molar-refractivity contribution in [3.05, 3.63) is 17.7 Å². The molecule has 0 radical (unpaired) electrons. The first-order chi connectivity index (χ1) is 8.08. The van der Waals surface area contributed by atoms with Gasteiger partial charge in [0.05, 0.1) is 14.2 Å². The summed E-state index contributed by atoms with van der Waals surface area (Å²) in [6, 6.07) is 3.69. The Morgan fingerprint density at radius 3 is 2.47 bits per heavy atom. The number of amides is 1. The van der Waals surface area contributed by atoms with Crippen LogP contribution in [0.3, 0.4) is 0 Å². The molecule has 0 fully saturated rings. The third-order valence-corrected chi connectivity index (χ3v) is 2.70. The fourth-order valence-electron chi connectivity index (χ4n) is 1.51. The zero-order chi connectivity index (χ0) is 12.8. The molecule has 17 heavy (non-hydrogen) atoms. The van der Waals surface area contributed by atoms with Crippen LogP contribution in [0.1, 0.15) is 12.5 Å². The summed E-state index contributed by atoms with van der Waals surface area (Å²) >= 11 is 4.30. The SMILES string of the molecule is COc1cc(CCNC(C)=O)c(OC)cc1S. The van der Waals surface area contributed by atoms with Crippen LogP contribution in [-0.2, 0) is 11.2 Å². The van der Waals surface area contributed by atoms with Crippen molar-refractivity contribution < 1.29 is 14.3 Å². The van der Waals surface area contributed by atoms with Crippen LogP contribution in [-0.4, -0.2) is 26.7 Å². The van der Waals surface area contributed by atoms with E-state index < -0.39 is 0 Å². The van der Waals surface area contributed by atoms with Crippen molar-refractivity contribution >= 4 is 18.5 Å². The third kappa shape index (κ3) is 3.85. The van der Waals surface area contributed by atoms with Crippen LogP contribution in [0.5, 0.6) is 11.5 Å². The number of methoxy groups -OCH3 is 2. The van der Waals surface area contributed by atoms with Gasteiger partial charge in [-0.3, -0.25) is 4.79 Å². The molecule has 0 aliphatic rings. The van der Waals surface area contributed by atoms with E-state index in [1.807, 2.05) is 12.1 Å². The highest BCUT2D eigenvalue weighted by molar-refractivity contribution is 7.80. The van der Waals surface area contributed by atoms with E-state index in [2.05, 4.69) is 17.9 Å². The molecule has 1 amide bonds. The highest BCUT2D eigenvalue weighted by Gasteiger charge is 2.09. The number of nitrogens with one attached hydrogen (secondary N) is 1. The van der Waals surface area contributed by atoms with Crippen LogP contribution in [0.4, 0.5) is 0 Å². The number of hydrogen-bond donors (Lipinski definition) is 2. The van der Waals surface area contributed by atoms with Gasteiger partial charge in [-0.2, -0.15) is 0 Å². The van der Waals surface area contributed by atoms with Crippen molar-refractivity contribution in [1.82, 2.24) is 5.32 Å². The van der Waals surface area contributed by atoms with Gasteiger partial charge in [0.15, 0.2) is 0 Å². The summed E-state index contributed by atoms with van der Waals surface area (Å²) in [5.74, 6) is 1.41. The lowest BCUT2D eigenvalue weighted by molar-refractivity contribution is -0.118. The Hall–Kier alpha value is -1.36. The molecule has 1 aromatic rings. The summed E-state index contributed by atoms with van der Waals surface area (Å²) < 4.78 is 10.5. The summed E-state index contributed by atoms with van der Waals surface area (Å²) in [5, 5.41) is 2.74. The van der Waals surface area contributed by atoms with Gasteiger partial charge in [-0.05, 0) is 24.1 Å². The van der Waals surface area contributed by atoms with E-state index >= 15 is 0 Å². The standard InChI is InChI=1S/C12H17NO3S/c1-8(14)13-5-4-9-6-11(16-3)12(17)7-10(9)15-2/h6-7,17H,4-5H2,1-3H3,(H,13,14). The highest BCUT2D eigenvalue weighted by atomic mass is 32.1. The molecule has 0 bridgehead atoms. The zero-order valence-corrected chi connectivity index (χ0v) is 11.1. The van der Waals surface area contributed by atoms with E-state index in [0.717, 1.165) is 16.2 Å². The summed E-state index contributed by atoms with van der Waals surface area (Å²) in [4.78, 5) is 11.5. The summed E-state index contributed by atoms with van der Waals surface area (Å²) in [5.41, 5.74) is 0.982. The Morgan fingerprint density at radius 2 is 1.94 bits per heavy atom. The Kier molecular flexibility index (Phi) is 5.15. The predicted octanol–water partition coefficient (Wildman–Crippen LogP) is 1.67. The number of carbonyl (C=O) groups is 1. The molecule has 0 atom stereocenters. The molecular weight excluding hydrogens is 238 g/mol. The molecule has 0 unspecified atom stereocenters. The van der Waals surface area contributed by atoms with Crippen molar-refractivity contribution in [1.29, 1.82) is 0 Å². The normalized spacial score (nSPS) is 9.88. The van der Waals surface area contributed by atoms with Crippen molar-refractivity contribution in [2.45, 2.75) is 18.2 Å². The molecule has 0 saturated heterocycles. The Balaban J connectivity index is 2.84. The van der Waals surface area contributed by atoms with Gasteiger partial charge in [0.1, 0.15) is 11.5 Å². The molecule has 0 heterocycles. The van der Waals surface area contributed by atoms with Crippen LogP contribution >= 0.6 is 12.6 Å². The number of carbonyl (C=O) groups excluding carboxylic acids is 1. The van der Waals surface area contributed by atoms with Gasteiger partial charge < -0.3 is 14.8 Å². The van der Waals surface area contributed by atoms with E-state index in [1.165, 1.54) is 6.92 Å². The Labute approximate surface area is 107 Å². The fraction of sp³-hybridized carbons (Fsp3) is 0.417. The van der Waals surface area contributed by atoms with Gasteiger partial charge in [0.25, 0.3) is 0 Å². The molecule has 94 valence electrons. The minimum Gasteiger partial charge on any atom is -0.496 e. The van der Waals surface area contributed by atoms with E-state index in [-0.39, 0.29) is 5.91 Å². The third-order valence-electron chi connectivity index (χ3n) is 2.35. The molecular formula is C12H17NO3S. The Morgan fingerprint density at radius 1 is 1.29 bits per heavy atom. The monoisotopic (exact) mass is 255 g/mol. The maximum Gasteiger partial charge on any atom is 0.216 e. The number of benzene rings is 1. The van der Waals surface area contributed by atoms with Crippen molar-refractivity contribution in [2.24, 2.45) is 0 Å². The van der Waals surface area contributed by atoms with Crippen LogP contribution in [0.25, 0.3) is 0 Å². The van der Waals surface area contributed by atoms with E-state index in [4.69, 9.17) is 9.47 Å². The molecule has 0 saturated carbocycles. The average Bonchev–Trinajstić information content (AvgIpc) is 2.30. The Bertz CT molecular complexity index is 407. The second kappa shape index (κ2) is 6.39. The van der Waals surface area contributed by atoms with Crippen molar-refractivity contribution in [3.63, 3.8) is 0 Å². The average molecular weight is 255 g/mol. The molecule has 5 heteroatoms. The van der Waals surface area contributed by atoms with E-state index in [1.54, 1.807) is 14.2 Å². The van der Waals surface area contributed by atoms with Gasteiger partial charge in [-0.1, -0.05) is 0 Å². The summed E-state index contributed by atoms with van der Waals surface area (Å²) in [6.45, 7) is 2.06. The lowest BCUT2D eigenvalue weighted by atomic mass is 10.1. The smallest absolute Gasteiger partial charge is 0.216 e. The molecule has 1 aromatic carbocycles. The van der Waals surface area contributed by atoms with Gasteiger partial charge >= 0.3 is 0 Å². The fourth-order valence-corrected chi connectivity index (χ4v) is 1.79. The van der Waals surface area contributed by atoms with Gasteiger partial charge in [0, 0.05) is 18.4 Å². The first kappa shape index (κ1) is 13.7. The van der Waals surface area contributed by atoms with E-state index in [0.29, 0.717) is 18.7 Å². The highest BCUT2D eigenvalue weighted by Crippen LogP contribution is 2.31. The molecule has 0 spiro atoms. The molecule has 1 N–H and O–H groups in total. The number of ether oxygens (including phenoxy) is 2. The van der Waals surface area contributed by atoms with Gasteiger partial charge in [-0.15, -0.1) is 12.6 Å². The summed E-state index contributed by atoms with van der Waals surface area (Å²) in [7, 11) is 3.20. The van der Waals surface area contributed by atoms with Crippen LogP contribution in [0.2, 0.25) is 0 Å². The van der Waals surface area contributed by atoms with Crippen LogP contribution < -0.4 is 14.8 Å². The lowest BCUT2D eigenvalue weighted by Gasteiger charge is -2.12. The maximum absolute atomic E-state index is 10.8. The topological polar surface area (TPSA) is 47.6 Å². The predicted molar refractivity (Wildman–Crippen MR) is 69.2 cm³/mol. The largest absolute Gasteiger partial charge is 0.496 e. The molecule has 0 aliphatic heterocycles. The summed E-state index contributed by atoms with van der Waals surface area (Å²) in [6.07, 6.45) is 0.688. The first-order valence-electron chi connectivity index (χ1n) is 5.26. The van der Waals surface area contributed by atoms with Crippen molar-refractivity contribution in [2.75, 3.05) is 20.8 Å².